The Morgan fingerprint density at radius 1 is 1.55 bits per heavy atom. The van der Waals surface area contributed by atoms with Gasteiger partial charge in [0.15, 0.2) is 11.5 Å². The highest BCUT2D eigenvalue weighted by molar-refractivity contribution is 8.26. The van der Waals surface area contributed by atoms with E-state index >= 15 is 0 Å². The van der Waals surface area contributed by atoms with Crippen LogP contribution in [0.1, 0.15) is 12.5 Å². The van der Waals surface area contributed by atoms with Crippen molar-refractivity contribution in [3.05, 3.63) is 32.7 Å². The van der Waals surface area contributed by atoms with Crippen molar-refractivity contribution >= 4 is 46.0 Å². The summed E-state index contributed by atoms with van der Waals surface area (Å²) >= 11 is 6.18. The highest BCUT2D eigenvalue weighted by Crippen LogP contribution is 2.39. The molecule has 0 saturated carbocycles. The number of hydrogen-bond donors (Lipinski definition) is 1. The fraction of sp³-hybridized carbons (Fsp3) is 0.231. The van der Waals surface area contributed by atoms with Crippen molar-refractivity contribution in [2.24, 2.45) is 0 Å². The molecule has 1 aromatic rings. The third kappa shape index (κ3) is 2.90. The second-order valence-electron chi connectivity index (χ2n) is 4.27. The molecule has 1 aromatic carbocycles. The number of phenolic OH excluding ortho intramolecular Hbond substituents is 1. The van der Waals surface area contributed by atoms with Gasteiger partial charge in [-0.2, -0.15) is 0 Å². The smallest absolute Gasteiger partial charge is 0.274 e. The van der Waals surface area contributed by atoms with Gasteiger partial charge in [-0.15, -0.1) is 0 Å². The zero-order valence-corrected chi connectivity index (χ0v) is 13.4. The van der Waals surface area contributed by atoms with Crippen molar-refractivity contribution < 1.29 is 19.6 Å². The van der Waals surface area contributed by atoms with Gasteiger partial charge in [0, 0.05) is 18.2 Å². The topological polar surface area (TPSA) is 92.9 Å². The van der Waals surface area contributed by atoms with E-state index in [4.69, 9.17) is 17.0 Å². The molecule has 1 amide bonds. The quantitative estimate of drug-likeness (QED) is 0.389. The van der Waals surface area contributed by atoms with Crippen molar-refractivity contribution in [3.63, 3.8) is 0 Å². The van der Waals surface area contributed by atoms with E-state index < -0.39 is 4.92 Å². The number of carbonyl (C=O) groups excluding carboxylic acids is 1. The number of nitrogens with zero attached hydrogens (tertiary/aromatic N) is 2. The van der Waals surface area contributed by atoms with Crippen LogP contribution in [0, 0.1) is 10.1 Å². The summed E-state index contributed by atoms with van der Waals surface area (Å²) in [7, 11) is 1.29. The first-order valence-electron chi connectivity index (χ1n) is 6.19. The second kappa shape index (κ2) is 6.32. The van der Waals surface area contributed by atoms with Gasteiger partial charge >= 0.3 is 0 Å². The van der Waals surface area contributed by atoms with E-state index in [0.717, 1.165) is 17.8 Å². The number of benzene rings is 1. The first-order chi connectivity index (χ1) is 10.4. The van der Waals surface area contributed by atoms with E-state index in [9.17, 15) is 20.0 Å². The summed E-state index contributed by atoms with van der Waals surface area (Å²) in [6.45, 7) is 2.23. The van der Waals surface area contributed by atoms with Crippen LogP contribution in [0.4, 0.5) is 5.69 Å². The normalized spacial score (nSPS) is 16.5. The lowest BCUT2D eigenvalue weighted by Crippen LogP contribution is -2.27. The van der Waals surface area contributed by atoms with Gasteiger partial charge in [-0.05, 0) is 13.0 Å². The molecule has 0 unspecified atom stereocenters. The number of ether oxygens (including phenoxy) is 1. The van der Waals surface area contributed by atoms with E-state index in [2.05, 4.69) is 0 Å². The van der Waals surface area contributed by atoms with Crippen LogP contribution in [0.25, 0.3) is 6.08 Å². The summed E-state index contributed by atoms with van der Waals surface area (Å²) in [6, 6.07) is 2.29. The first kappa shape index (κ1) is 16.2. The van der Waals surface area contributed by atoms with Crippen LogP contribution in [0.15, 0.2) is 17.0 Å². The summed E-state index contributed by atoms with van der Waals surface area (Å²) in [4.78, 5) is 24.2. The standard InChI is InChI=1S/C13H12N2O5S2/c1-3-14-12(17)10(22-13(14)21)5-7-4-8(15(18)19)6-9(20-2)11(7)16/h4-6,16H,3H2,1-2H3/b10-5-. The predicted molar refractivity (Wildman–Crippen MR) is 86.9 cm³/mol. The fourth-order valence-corrected chi connectivity index (χ4v) is 3.27. The summed E-state index contributed by atoms with van der Waals surface area (Å²) in [5.74, 6) is -0.594. The Morgan fingerprint density at radius 3 is 2.73 bits per heavy atom. The number of nitro benzene ring substituents is 1. The van der Waals surface area contributed by atoms with Gasteiger partial charge in [0.05, 0.1) is 23.0 Å². The Bertz CT molecular complexity index is 702. The highest BCUT2D eigenvalue weighted by atomic mass is 32.2. The average molecular weight is 340 g/mol. The molecule has 22 heavy (non-hydrogen) atoms. The molecule has 1 N–H and O–H groups in total. The minimum absolute atomic E-state index is 0.0357. The molecule has 0 atom stereocenters. The zero-order valence-electron chi connectivity index (χ0n) is 11.7. The Hall–Kier alpha value is -2.13. The number of amides is 1. The predicted octanol–water partition coefficient (Wildman–Crippen LogP) is 2.53. The highest BCUT2D eigenvalue weighted by Gasteiger charge is 2.31. The van der Waals surface area contributed by atoms with Crippen LogP contribution in [-0.4, -0.2) is 38.8 Å². The number of nitro groups is 1. The van der Waals surface area contributed by atoms with Gasteiger partial charge in [-0.25, -0.2) is 0 Å². The maximum absolute atomic E-state index is 12.1. The molecule has 0 radical (unpaired) electrons. The van der Waals surface area contributed by atoms with E-state index in [-0.39, 0.29) is 28.7 Å². The number of methoxy groups -OCH3 is 1. The third-order valence-electron chi connectivity index (χ3n) is 3.00. The third-order valence-corrected chi connectivity index (χ3v) is 4.37. The van der Waals surface area contributed by atoms with Gasteiger partial charge in [0.25, 0.3) is 11.6 Å². The summed E-state index contributed by atoms with van der Waals surface area (Å²) in [6.07, 6.45) is 1.37. The summed E-state index contributed by atoms with van der Waals surface area (Å²) < 4.78 is 5.33. The molecule has 7 nitrogen and oxygen atoms in total. The van der Waals surface area contributed by atoms with Crippen molar-refractivity contribution in [3.8, 4) is 11.5 Å². The lowest BCUT2D eigenvalue weighted by atomic mass is 10.1. The van der Waals surface area contributed by atoms with Crippen LogP contribution in [-0.2, 0) is 4.79 Å². The van der Waals surface area contributed by atoms with E-state index in [0.29, 0.717) is 15.8 Å². The number of non-ortho nitro benzene ring substituents is 1. The van der Waals surface area contributed by atoms with Crippen LogP contribution >= 0.6 is 24.0 Å². The summed E-state index contributed by atoms with van der Waals surface area (Å²) in [5, 5.41) is 21.0. The maximum Gasteiger partial charge on any atom is 0.274 e. The van der Waals surface area contributed by atoms with Crippen LogP contribution < -0.4 is 4.74 Å². The molecule has 0 aliphatic carbocycles. The molecular formula is C13H12N2O5S2. The van der Waals surface area contributed by atoms with E-state index in [1.54, 1.807) is 6.92 Å². The van der Waals surface area contributed by atoms with Crippen molar-refractivity contribution in [2.75, 3.05) is 13.7 Å². The number of likely N-dealkylation sites (N-methyl/N-ethyl adjacent to an activating group) is 1. The fourth-order valence-electron chi connectivity index (χ4n) is 1.90. The monoisotopic (exact) mass is 340 g/mol. The van der Waals surface area contributed by atoms with Gasteiger partial charge in [-0.1, -0.05) is 24.0 Å². The number of carbonyl (C=O) groups is 1. The maximum atomic E-state index is 12.1. The zero-order chi connectivity index (χ0) is 16.4. The van der Waals surface area contributed by atoms with Crippen molar-refractivity contribution in [2.45, 2.75) is 6.92 Å². The van der Waals surface area contributed by atoms with Gasteiger partial charge < -0.3 is 9.84 Å². The number of phenols is 1. The number of aromatic hydroxyl groups is 1. The lowest BCUT2D eigenvalue weighted by molar-refractivity contribution is -0.385. The molecule has 1 aliphatic heterocycles. The minimum atomic E-state index is -0.601. The number of thiocarbonyl (C=S) groups is 1. The lowest BCUT2D eigenvalue weighted by Gasteiger charge is -2.09. The number of hydrogen-bond acceptors (Lipinski definition) is 7. The van der Waals surface area contributed by atoms with Crippen LogP contribution in [0.3, 0.4) is 0 Å². The first-order valence-corrected chi connectivity index (χ1v) is 7.42. The Morgan fingerprint density at radius 2 is 2.23 bits per heavy atom. The number of rotatable bonds is 4. The Balaban J connectivity index is 2.51. The summed E-state index contributed by atoms with van der Waals surface area (Å²) in [5.41, 5.74) is -0.116. The van der Waals surface area contributed by atoms with Gasteiger partial charge in [0.2, 0.25) is 0 Å². The van der Waals surface area contributed by atoms with E-state index in [1.165, 1.54) is 24.2 Å². The molecule has 116 valence electrons. The average Bonchev–Trinajstić information content (AvgIpc) is 2.74. The Labute approximate surface area is 135 Å². The largest absolute Gasteiger partial charge is 0.504 e. The molecular weight excluding hydrogens is 328 g/mol. The molecule has 1 fully saturated rings. The molecule has 1 aliphatic rings. The van der Waals surface area contributed by atoms with Crippen LogP contribution in [0.2, 0.25) is 0 Å². The molecule has 1 saturated heterocycles. The molecule has 1 heterocycles. The second-order valence-corrected chi connectivity index (χ2v) is 5.94. The van der Waals surface area contributed by atoms with Gasteiger partial charge in [0.1, 0.15) is 4.32 Å². The molecule has 2 rings (SSSR count). The SMILES string of the molecule is CCN1C(=O)/C(=C/c2cc([N+](=O)[O-])cc(OC)c2O)SC1=S. The molecule has 0 bridgehead atoms. The Kier molecular flexibility index (Phi) is 4.67. The van der Waals surface area contributed by atoms with Crippen molar-refractivity contribution in [1.29, 1.82) is 0 Å². The van der Waals surface area contributed by atoms with Crippen molar-refractivity contribution in [1.82, 2.24) is 4.90 Å². The van der Waals surface area contributed by atoms with E-state index in [1.807, 2.05) is 0 Å². The minimum Gasteiger partial charge on any atom is -0.504 e. The molecule has 0 spiro atoms. The molecule has 9 heteroatoms. The number of thioether (sulfide) groups is 1. The molecule has 0 aromatic heterocycles. The van der Waals surface area contributed by atoms with Gasteiger partial charge in [-0.3, -0.25) is 19.8 Å². The van der Waals surface area contributed by atoms with Crippen LogP contribution in [0.5, 0.6) is 11.5 Å².